The molecular weight excluding hydrogens is 396 g/mol. The van der Waals surface area contributed by atoms with Gasteiger partial charge >= 0.3 is 5.97 Å². The van der Waals surface area contributed by atoms with Gasteiger partial charge in [0.1, 0.15) is 5.75 Å². The Bertz CT molecular complexity index is 852. The van der Waals surface area contributed by atoms with Crippen LogP contribution in [0.25, 0.3) is 0 Å². The van der Waals surface area contributed by atoms with Crippen LogP contribution in [0, 0.1) is 5.92 Å². The molecule has 2 amide bonds. The van der Waals surface area contributed by atoms with Crippen LogP contribution in [0.4, 0.5) is 5.69 Å². The molecule has 0 aromatic heterocycles. The number of hydrogen-bond donors (Lipinski definition) is 2. The number of anilines is 1. The molecule has 29 heavy (non-hydrogen) atoms. The average Bonchev–Trinajstić information content (AvgIpc) is 2.70. The normalized spacial score (nSPS) is 10.3. The topological polar surface area (TPSA) is 93.7 Å². The van der Waals surface area contributed by atoms with Crippen LogP contribution >= 0.6 is 11.6 Å². The first-order valence-corrected chi connectivity index (χ1v) is 9.44. The van der Waals surface area contributed by atoms with Crippen molar-refractivity contribution in [1.29, 1.82) is 0 Å². The number of hydrogen-bond acceptors (Lipinski definition) is 5. The summed E-state index contributed by atoms with van der Waals surface area (Å²) in [6, 6.07) is 13.1. The first-order chi connectivity index (χ1) is 13.8. The number of carbonyl (C=O) groups is 3. The third kappa shape index (κ3) is 7.83. The monoisotopic (exact) mass is 418 g/mol. The quantitative estimate of drug-likeness (QED) is 0.609. The molecule has 0 saturated carbocycles. The third-order valence-corrected chi connectivity index (χ3v) is 3.90. The van der Waals surface area contributed by atoms with Gasteiger partial charge in [-0.1, -0.05) is 37.6 Å². The molecule has 0 radical (unpaired) electrons. The summed E-state index contributed by atoms with van der Waals surface area (Å²) in [5, 5.41) is 5.93. The number of halogens is 1. The minimum Gasteiger partial charge on any atom is -0.482 e. The molecule has 0 spiro atoms. The summed E-state index contributed by atoms with van der Waals surface area (Å²) in [4.78, 5) is 36.1. The minimum atomic E-state index is -0.696. The molecule has 8 heteroatoms. The zero-order valence-electron chi connectivity index (χ0n) is 16.2. The molecule has 0 saturated heterocycles. The zero-order chi connectivity index (χ0) is 21.2. The van der Waals surface area contributed by atoms with Gasteiger partial charge in [-0.2, -0.15) is 0 Å². The Morgan fingerprint density at radius 1 is 1.00 bits per heavy atom. The van der Waals surface area contributed by atoms with Gasteiger partial charge in [0.15, 0.2) is 13.2 Å². The van der Waals surface area contributed by atoms with Crippen LogP contribution < -0.4 is 15.4 Å². The van der Waals surface area contributed by atoms with Crippen molar-refractivity contribution in [2.24, 2.45) is 5.92 Å². The van der Waals surface area contributed by atoms with Gasteiger partial charge in [-0.25, -0.2) is 4.79 Å². The molecule has 0 aliphatic heterocycles. The van der Waals surface area contributed by atoms with Crippen molar-refractivity contribution < 1.29 is 23.9 Å². The maximum Gasteiger partial charge on any atom is 0.344 e. The zero-order valence-corrected chi connectivity index (χ0v) is 17.0. The lowest BCUT2D eigenvalue weighted by Crippen LogP contribution is -2.29. The van der Waals surface area contributed by atoms with E-state index < -0.39 is 18.5 Å². The van der Waals surface area contributed by atoms with Gasteiger partial charge in [-0.05, 0) is 42.3 Å². The van der Waals surface area contributed by atoms with Crippen molar-refractivity contribution in [3.63, 3.8) is 0 Å². The van der Waals surface area contributed by atoms with Crippen LogP contribution in [0.15, 0.2) is 48.5 Å². The molecule has 7 nitrogen and oxygen atoms in total. The summed E-state index contributed by atoms with van der Waals surface area (Å²) in [5.41, 5.74) is 0.672. The van der Waals surface area contributed by atoms with E-state index in [9.17, 15) is 14.4 Å². The first-order valence-electron chi connectivity index (χ1n) is 9.06. The van der Waals surface area contributed by atoms with Gasteiger partial charge in [-0.15, -0.1) is 0 Å². The smallest absolute Gasteiger partial charge is 0.344 e. The number of para-hydroxylation sites is 1. The Morgan fingerprint density at radius 2 is 1.69 bits per heavy atom. The number of amides is 2. The molecule has 2 rings (SSSR count). The second-order valence-corrected chi connectivity index (χ2v) is 7.04. The third-order valence-electron chi connectivity index (χ3n) is 3.65. The number of carbonyl (C=O) groups excluding carboxylic acids is 3. The molecule has 0 atom stereocenters. The van der Waals surface area contributed by atoms with Gasteiger partial charge < -0.3 is 20.1 Å². The van der Waals surface area contributed by atoms with E-state index in [0.29, 0.717) is 34.5 Å². The summed E-state index contributed by atoms with van der Waals surface area (Å²) in [6.45, 7) is 3.65. The average molecular weight is 419 g/mol. The largest absolute Gasteiger partial charge is 0.482 e. The van der Waals surface area contributed by atoms with Crippen LogP contribution in [0.1, 0.15) is 24.2 Å². The number of rotatable bonds is 9. The first kappa shape index (κ1) is 22.2. The van der Waals surface area contributed by atoms with E-state index in [0.717, 1.165) is 0 Å². The molecule has 0 heterocycles. The summed E-state index contributed by atoms with van der Waals surface area (Å²) in [6.07, 6.45) is 0. The highest BCUT2D eigenvalue weighted by Gasteiger charge is 2.14. The van der Waals surface area contributed by atoms with E-state index in [-0.39, 0.29) is 12.5 Å². The number of esters is 1. The molecule has 0 unspecified atom stereocenters. The molecule has 0 bridgehead atoms. The van der Waals surface area contributed by atoms with Crippen molar-refractivity contribution in [2.75, 3.05) is 25.1 Å². The second kappa shape index (κ2) is 11.1. The summed E-state index contributed by atoms with van der Waals surface area (Å²) in [7, 11) is 0. The highest BCUT2D eigenvalue weighted by molar-refractivity contribution is 6.30. The molecule has 154 valence electrons. The van der Waals surface area contributed by atoms with E-state index in [4.69, 9.17) is 21.1 Å². The predicted molar refractivity (Wildman–Crippen MR) is 110 cm³/mol. The fourth-order valence-corrected chi connectivity index (χ4v) is 2.36. The van der Waals surface area contributed by atoms with Crippen molar-refractivity contribution in [3.05, 3.63) is 59.1 Å². The number of ether oxygens (including phenoxy) is 2. The van der Waals surface area contributed by atoms with E-state index in [1.165, 1.54) is 0 Å². The summed E-state index contributed by atoms with van der Waals surface area (Å²) < 4.78 is 10.2. The Labute approximate surface area is 174 Å². The molecule has 2 N–H and O–H groups in total. The molecular formula is C21H23ClN2O5. The predicted octanol–water partition coefficient (Wildman–Crippen LogP) is 3.29. The van der Waals surface area contributed by atoms with Crippen LogP contribution in [0.2, 0.25) is 5.02 Å². The SMILES string of the molecule is CC(C)CNC(=O)c1ccccc1NC(=O)COC(=O)COc1ccc(Cl)cc1. The second-order valence-electron chi connectivity index (χ2n) is 6.60. The number of nitrogens with one attached hydrogen (secondary N) is 2. The van der Waals surface area contributed by atoms with E-state index >= 15 is 0 Å². The van der Waals surface area contributed by atoms with Gasteiger partial charge in [0.2, 0.25) is 0 Å². The molecule has 0 fully saturated rings. The van der Waals surface area contributed by atoms with E-state index in [1.54, 1.807) is 48.5 Å². The lowest BCUT2D eigenvalue weighted by atomic mass is 10.1. The van der Waals surface area contributed by atoms with Crippen LogP contribution in [0.5, 0.6) is 5.75 Å². The van der Waals surface area contributed by atoms with E-state index in [1.807, 2.05) is 13.8 Å². The van der Waals surface area contributed by atoms with Gasteiger partial charge in [0.25, 0.3) is 11.8 Å². The van der Waals surface area contributed by atoms with Crippen molar-refractivity contribution in [1.82, 2.24) is 5.32 Å². The van der Waals surface area contributed by atoms with Crippen molar-refractivity contribution in [2.45, 2.75) is 13.8 Å². The van der Waals surface area contributed by atoms with Crippen molar-refractivity contribution >= 4 is 35.1 Å². The van der Waals surface area contributed by atoms with Crippen LogP contribution in [0.3, 0.4) is 0 Å². The summed E-state index contributed by atoms with van der Waals surface area (Å²) in [5.74, 6) is -0.790. The molecule has 0 aliphatic carbocycles. The minimum absolute atomic E-state index is 0.289. The summed E-state index contributed by atoms with van der Waals surface area (Å²) >= 11 is 5.77. The lowest BCUT2D eigenvalue weighted by molar-refractivity contribution is -0.149. The number of benzene rings is 2. The highest BCUT2D eigenvalue weighted by Crippen LogP contribution is 2.16. The Balaban J connectivity index is 1.82. The molecule has 2 aromatic rings. The Morgan fingerprint density at radius 3 is 2.38 bits per heavy atom. The van der Waals surface area contributed by atoms with Gasteiger partial charge in [-0.3, -0.25) is 9.59 Å². The molecule has 0 aliphatic rings. The fraction of sp³-hybridized carbons (Fsp3) is 0.286. The fourth-order valence-electron chi connectivity index (χ4n) is 2.23. The molecule has 2 aromatic carbocycles. The van der Waals surface area contributed by atoms with Crippen LogP contribution in [-0.2, 0) is 14.3 Å². The van der Waals surface area contributed by atoms with Gasteiger partial charge in [0, 0.05) is 11.6 Å². The maximum absolute atomic E-state index is 12.3. The van der Waals surface area contributed by atoms with Crippen LogP contribution in [-0.4, -0.2) is 37.5 Å². The highest BCUT2D eigenvalue weighted by atomic mass is 35.5. The Kier molecular flexibility index (Phi) is 8.48. The maximum atomic E-state index is 12.3. The Hall–Kier alpha value is -3.06. The van der Waals surface area contributed by atoms with E-state index in [2.05, 4.69) is 10.6 Å². The van der Waals surface area contributed by atoms with Crippen molar-refractivity contribution in [3.8, 4) is 5.75 Å². The van der Waals surface area contributed by atoms with Gasteiger partial charge in [0.05, 0.1) is 11.3 Å². The standard InChI is InChI=1S/C21H23ClN2O5/c1-14(2)11-23-21(27)17-5-3-4-6-18(17)24-19(25)12-29-20(26)13-28-16-9-7-15(22)8-10-16/h3-10,14H,11-13H2,1-2H3,(H,23,27)(H,24,25). The lowest BCUT2D eigenvalue weighted by Gasteiger charge is -2.12.